The quantitative estimate of drug-likeness (QED) is 0.606. The van der Waals surface area contributed by atoms with Crippen molar-refractivity contribution in [3.8, 4) is 0 Å². The van der Waals surface area contributed by atoms with Crippen molar-refractivity contribution in [1.29, 1.82) is 0 Å². The van der Waals surface area contributed by atoms with E-state index >= 15 is 0 Å². The summed E-state index contributed by atoms with van der Waals surface area (Å²) in [6.45, 7) is 4.32. The number of hydrogen-bond donors (Lipinski definition) is 2. The van der Waals surface area contributed by atoms with Crippen molar-refractivity contribution >= 4 is 40.4 Å². The summed E-state index contributed by atoms with van der Waals surface area (Å²) in [6.07, 6.45) is 1.74. The van der Waals surface area contributed by atoms with E-state index in [-0.39, 0.29) is 12.4 Å². The first-order valence-electron chi connectivity index (χ1n) is 8.04. The zero-order valence-electron chi connectivity index (χ0n) is 14.4. The molecule has 2 aromatic carbocycles. The van der Waals surface area contributed by atoms with Gasteiger partial charge in [-0.1, -0.05) is 29.8 Å². The Morgan fingerprint density at radius 1 is 1.15 bits per heavy atom. The highest BCUT2D eigenvalue weighted by atomic mass is 35.5. The molecule has 26 heavy (non-hydrogen) atoms. The van der Waals surface area contributed by atoms with Crippen LogP contribution in [-0.4, -0.2) is 14.9 Å². The third-order valence-electron chi connectivity index (χ3n) is 4.12. The lowest BCUT2D eigenvalue weighted by Gasteiger charge is -2.12. The highest BCUT2D eigenvalue weighted by Gasteiger charge is 2.09. The molecule has 0 atom stereocenters. The maximum Gasteiger partial charge on any atom is 0.176 e. The van der Waals surface area contributed by atoms with Crippen molar-refractivity contribution in [2.45, 2.75) is 20.4 Å². The molecule has 0 radical (unpaired) electrons. The van der Waals surface area contributed by atoms with Crippen molar-refractivity contribution in [3.05, 3.63) is 76.2 Å². The molecule has 4 nitrogen and oxygen atoms in total. The van der Waals surface area contributed by atoms with E-state index in [4.69, 9.17) is 23.8 Å². The van der Waals surface area contributed by atoms with Gasteiger partial charge in [-0.3, -0.25) is 4.68 Å². The van der Waals surface area contributed by atoms with Crippen molar-refractivity contribution in [2.24, 2.45) is 0 Å². The van der Waals surface area contributed by atoms with Crippen molar-refractivity contribution in [3.63, 3.8) is 0 Å². The minimum atomic E-state index is -0.352. The predicted octanol–water partition coefficient (Wildman–Crippen LogP) is 5.15. The summed E-state index contributed by atoms with van der Waals surface area (Å²) in [5.74, 6) is 0.217. The molecule has 0 bridgehead atoms. The van der Waals surface area contributed by atoms with Crippen molar-refractivity contribution in [2.75, 3.05) is 10.6 Å². The summed E-state index contributed by atoms with van der Waals surface area (Å²) in [6, 6.07) is 12.4. The van der Waals surface area contributed by atoms with E-state index in [1.807, 2.05) is 32.0 Å². The van der Waals surface area contributed by atoms with E-state index in [1.54, 1.807) is 29.1 Å². The van der Waals surface area contributed by atoms with E-state index < -0.39 is 0 Å². The number of nitrogens with zero attached hydrogens (tertiary/aromatic N) is 2. The fourth-order valence-electron chi connectivity index (χ4n) is 2.52. The Balaban J connectivity index is 1.67. The van der Waals surface area contributed by atoms with Crippen LogP contribution in [0.25, 0.3) is 0 Å². The minimum Gasteiger partial charge on any atom is -0.332 e. The molecule has 134 valence electrons. The van der Waals surface area contributed by atoms with E-state index in [2.05, 4.69) is 15.7 Å². The standard InChI is InChI=1S/C19H18ClFN4S/c1-12-5-3-8-17(13(12)2)22-19(26)23-18-9-10-25(24-18)11-14-15(20)6-4-7-16(14)21/h3-10H,11H2,1-2H3,(H2,22,23,24,26). The van der Waals surface area contributed by atoms with Crippen molar-refractivity contribution < 1.29 is 4.39 Å². The number of aryl methyl sites for hydroxylation is 1. The second-order valence-electron chi connectivity index (χ2n) is 5.93. The lowest BCUT2D eigenvalue weighted by Crippen LogP contribution is -2.20. The van der Waals surface area contributed by atoms with Crippen LogP contribution in [0.15, 0.2) is 48.7 Å². The molecule has 7 heteroatoms. The Morgan fingerprint density at radius 2 is 1.92 bits per heavy atom. The highest BCUT2D eigenvalue weighted by Crippen LogP contribution is 2.21. The van der Waals surface area contributed by atoms with Gasteiger partial charge in [0, 0.05) is 28.5 Å². The number of hydrogen-bond acceptors (Lipinski definition) is 2. The minimum absolute atomic E-state index is 0.240. The lowest BCUT2D eigenvalue weighted by molar-refractivity contribution is 0.586. The number of anilines is 2. The van der Waals surface area contributed by atoms with Crippen LogP contribution in [0, 0.1) is 19.7 Å². The maximum atomic E-state index is 13.9. The number of aromatic nitrogens is 2. The van der Waals surface area contributed by atoms with Gasteiger partial charge in [-0.25, -0.2) is 4.39 Å². The molecule has 2 N–H and O–H groups in total. The summed E-state index contributed by atoms with van der Waals surface area (Å²) < 4.78 is 15.5. The van der Waals surface area contributed by atoms with E-state index in [0.717, 1.165) is 11.3 Å². The molecule has 1 aromatic heterocycles. The first-order chi connectivity index (χ1) is 12.4. The molecule has 0 fully saturated rings. The molecule has 0 spiro atoms. The molecule has 0 aliphatic rings. The molecule has 0 amide bonds. The summed E-state index contributed by atoms with van der Waals surface area (Å²) in [5, 5.41) is 11.4. The Hall–Kier alpha value is -2.44. The van der Waals surface area contributed by atoms with E-state index in [9.17, 15) is 4.39 Å². The second-order valence-corrected chi connectivity index (χ2v) is 6.74. The smallest absolute Gasteiger partial charge is 0.176 e. The van der Waals surface area contributed by atoms with Crippen LogP contribution >= 0.6 is 23.8 Å². The third-order valence-corrected chi connectivity index (χ3v) is 4.68. The van der Waals surface area contributed by atoms with Gasteiger partial charge in [0.1, 0.15) is 5.82 Å². The largest absolute Gasteiger partial charge is 0.332 e. The fourth-order valence-corrected chi connectivity index (χ4v) is 2.96. The average molecular weight is 389 g/mol. The number of nitrogens with one attached hydrogen (secondary N) is 2. The van der Waals surface area contributed by atoms with Crippen LogP contribution in [0.2, 0.25) is 5.02 Å². The molecule has 0 saturated heterocycles. The van der Waals surface area contributed by atoms with Gasteiger partial charge in [-0.05, 0) is 55.4 Å². The summed E-state index contributed by atoms with van der Waals surface area (Å²) >= 11 is 11.4. The molecule has 3 rings (SSSR count). The topological polar surface area (TPSA) is 41.9 Å². The van der Waals surface area contributed by atoms with Gasteiger partial charge in [-0.15, -0.1) is 0 Å². The van der Waals surface area contributed by atoms with Gasteiger partial charge in [0.2, 0.25) is 0 Å². The zero-order valence-corrected chi connectivity index (χ0v) is 16.0. The summed E-state index contributed by atoms with van der Waals surface area (Å²) in [5.41, 5.74) is 3.67. The fraction of sp³-hybridized carbons (Fsp3) is 0.158. The first kappa shape index (κ1) is 18.4. The molecule has 0 unspecified atom stereocenters. The first-order valence-corrected chi connectivity index (χ1v) is 8.83. The predicted molar refractivity (Wildman–Crippen MR) is 108 cm³/mol. The van der Waals surface area contributed by atoms with Crippen LogP contribution < -0.4 is 10.6 Å². The molecule has 0 saturated carbocycles. The maximum absolute atomic E-state index is 13.9. The Labute approximate surface area is 162 Å². The Morgan fingerprint density at radius 3 is 2.69 bits per heavy atom. The lowest BCUT2D eigenvalue weighted by atomic mass is 10.1. The Bertz CT molecular complexity index is 934. The zero-order chi connectivity index (χ0) is 18.7. The highest BCUT2D eigenvalue weighted by molar-refractivity contribution is 7.80. The molecular formula is C19H18ClFN4S. The number of rotatable bonds is 4. The van der Waals surface area contributed by atoms with Crippen LogP contribution in [0.3, 0.4) is 0 Å². The normalized spacial score (nSPS) is 10.6. The molecule has 0 aliphatic carbocycles. The Kier molecular flexibility index (Phi) is 5.54. The number of benzene rings is 2. The van der Waals surface area contributed by atoms with Crippen molar-refractivity contribution in [1.82, 2.24) is 9.78 Å². The van der Waals surface area contributed by atoms with Crippen LogP contribution in [0.5, 0.6) is 0 Å². The summed E-state index contributed by atoms with van der Waals surface area (Å²) in [4.78, 5) is 0. The second kappa shape index (κ2) is 7.85. The number of halogens is 2. The number of thiocarbonyl (C=S) groups is 1. The third kappa shape index (κ3) is 4.20. The van der Waals surface area contributed by atoms with Crippen LogP contribution in [0.4, 0.5) is 15.9 Å². The van der Waals surface area contributed by atoms with Gasteiger partial charge in [-0.2, -0.15) is 5.10 Å². The molecular weight excluding hydrogens is 371 g/mol. The van der Waals surface area contributed by atoms with Gasteiger partial charge in [0.15, 0.2) is 10.9 Å². The molecule has 1 heterocycles. The van der Waals surface area contributed by atoms with Gasteiger partial charge >= 0.3 is 0 Å². The van der Waals surface area contributed by atoms with Gasteiger partial charge in [0.05, 0.1) is 6.54 Å². The van der Waals surface area contributed by atoms with Gasteiger partial charge in [0.25, 0.3) is 0 Å². The van der Waals surface area contributed by atoms with Crippen LogP contribution in [-0.2, 0) is 6.54 Å². The van der Waals surface area contributed by atoms with Crippen LogP contribution in [0.1, 0.15) is 16.7 Å². The van der Waals surface area contributed by atoms with E-state index in [1.165, 1.54) is 11.6 Å². The molecule has 0 aliphatic heterocycles. The monoisotopic (exact) mass is 388 g/mol. The molecule has 3 aromatic rings. The average Bonchev–Trinajstić information content (AvgIpc) is 3.02. The van der Waals surface area contributed by atoms with Gasteiger partial charge < -0.3 is 10.6 Å². The summed E-state index contributed by atoms with van der Waals surface area (Å²) in [7, 11) is 0. The SMILES string of the molecule is Cc1cccc(NC(=S)Nc2ccn(Cc3c(F)cccc3Cl)n2)c1C. The van der Waals surface area contributed by atoms with E-state index in [0.29, 0.717) is 21.5 Å².